The summed E-state index contributed by atoms with van der Waals surface area (Å²) in [7, 11) is 0. The van der Waals surface area contributed by atoms with Gasteiger partial charge in [0.1, 0.15) is 5.60 Å². The van der Waals surface area contributed by atoms with E-state index in [0.717, 1.165) is 12.0 Å². The Bertz CT molecular complexity index is 859. The third-order valence-corrected chi connectivity index (χ3v) is 4.07. The van der Waals surface area contributed by atoms with E-state index >= 15 is 0 Å². The van der Waals surface area contributed by atoms with Crippen LogP contribution in [0.25, 0.3) is 0 Å². The average Bonchev–Trinajstić information content (AvgIpc) is 2.94. The van der Waals surface area contributed by atoms with Crippen molar-refractivity contribution in [2.24, 2.45) is 0 Å². The average molecular weight is 369 g/mol. The monoisotopic (exact) mass is 369 g/mol. The summed E-state index contributed by atoms with van der Waals surface area (Å²) in [5.74, 6) is 0.489. The molecule has 6 heteroatoms. The maximum atomic E-state index is 12.2. The second kappa shape index (κ2) is 7.70. The first-order valence-corrected chi connectivity index (χ1v) is 8.89. The van der Waals surface area contributed by atoms with E-state index in [9.17, 15) is 9.59 Å². The second-order valence-electron chi connectivity index (χ2n) is 6.92. The molecule has 1 heterocycles. The number of hydrogen-bond acceptors (Lipinski definition) is 5. The van der Waals surface area contributed by atoms with Crippen molar-refractivity contribution in [1.29, 1.82) is 0 Å². The van der Waals surface area contributed by atoms with Crippen molar-refractivity contribution >= 4 is 17.6 Å². The summed E-state index contributed by atoms with van der Waals surface area (Å²) >= 11 is 0. The van der Waals surface area contributed by atoms with Crippen LogP contribution in [-0.4, -0.2) is 30.7 Å². The Morgan fingerprint density at radius 3 is 2.74 bits per heavy atom. The van der Waals surface area contributed by atoms with Gasteiger partial charge in [0.05, 0.1) is 12.2 Å². The number of anilines is 1. The van der Waals surface area contributed by atoms with Gasteiger partial charge in [0, 0.05) is 17.7 Å². The summed E-state index contributed by atoms with van der Waals surface area (Å²) in [6.45, 7) is 5.90. The van der Waals surface area contributed by atoms with Crippen molar-refractivity contribution in [2.75, 3.05) is 18.5 Å². The van der Waals surface area contributed by atoms with E-state index in [0.29, 0.717) is 29.4 Å². The maximum absolute atomic E-state index is 12.2. The van der Waals surface area contributed by atoms with E-state index in [-0.39, 0.29) is 18.1 Å². The highest BCUT2D eigenvalue weighted by Gasteiger charge is 2.32. The number of fused-ring (bicyclic) bond motifs is 1. The number of esters is 1. The first kappa shape index (κ1) is 18.8. The maximum Gasteiger partial charge on any atom is 0.338 e. The Balaban J connectivity index is 1.61. The molecule has 0 fully saturated rings. The van der Waals surface area contributed by atoms with Gasteiger partial charge in [-0.1, -0.05) is 18.2 Å². The van der Waals surface area contributed by atoms with Crippen LogP contribution in [0.5, 0.6) is 11.5 Å². The van der Waals surface area contributed by atoms with E-state index in [1.54, 1.807) is 37.3 Å². The molecule has 0 bridgehead atoms. The second-order valence-corrected chi connectivity index (χ2v) is 6.92. The standard InChI is InChI=1S/C21H23NO5/c1-4-25-20(24)14-7-5-9-16(11-14)22-18(23)13-26-17-10-6-8-15-12-21(2,3)27-19(15)17/h5-11H,4,12-13H2,1-3H3,(H,22,23). The molecular formula is C21H23NO5. The Labute approximate surface area is 158 Å². The zero-order chi connectivity index (χ0) is 19.4. The van der Waals surface area contributed by atoms with Crippen LogP contribution < -0.4 is 14.8 Å². The van der Waals surface area contributed by atoms with Crippen LogP contribution >= 0.6 is 0 Å². The fraction of sp³-hybridized carbons (Fsp3) is 0.333. The molecule has 0 spiro atoms. The molecule has 3 rings (SSSR count). The summed E-state index contributed by atoms with van der Waals surface area (Å²) in [4.78, 5) is 24.0. The topological polar surface area (TPSA) is 73.9 Å². The zero-order valence-electron chi connectivity index (χ0n) is 15.7. The van der Waals surface area contributed by atoms with Crippen molar-refractivity contribution in [2.45, 2.75) is 32.8 Å². The number of para-hydroxylation sites is 1. The molecule has 0 aliphatic carbocycles. The first-order valence-electron chi connectivity index (χ1n) is 8.89. The van der Waals surface area contributed by atoms with E-state index in [4.69, 9.17) is 14.2 Å². The van der Waals surface area contributed by atoms with Gasteiger partial charge >= 0.3 is 5.97 Å². The number of amides is 1. The molecule has 0 atom stereocenters. The van der Waals surface area contributed by atoms with Crippen LogP contribution in [0, 0.1) is 0 Å². The number of benzene rings is 2. The Kier molecular flexibility index (Phi) is 5.35. The first-order chi connectivity index (χ1) is 12.9. The number of ether oxygens (including phenoxy) is 3. The quantitative estimate of drug-likeness (QED) is 0.788. The van der Waals surface area contributed by atoms with Crippen LogP contribution in [0.15, 0.2) is 42.5 Å². The van der Waals surface area contributed by atoms with Crippen LogP contribution in [0.2, 0.25) is 0 Å². The summed E-state index contributed by atoms with van der Waals surface area (Å²) in [6.07, 6.45) is 0.798. The van der Waals surface area contributed by atoms with Crippen molar-refractivity contribution in [3.8, 4) is 11.5 Å². The molecule has 0 unspecified atom stereocenters. The van der Waals surface area contributed by atoms with Gasteiger partial charge in [0.2, 0.25) is 0 Å². The minimum Gasteiger partial charge on any atom is -0.483 e. The summed E-state index contributed by atoms with van der Waals surface area (Å²) in [6, 6.07) is 12.3. The largest absolute Gasteiger partial charge is 0.483 e. The Morgan fingerprint density at radius 1 is 1.19 bits per heavy atom. The number of hydrogen-bond donors (Lipinski definition) is 1. The molecule has 6 nitrogen and oxygen atoms in total. The number of carbonyl (C=O) groups is 2. The minimum absolute atomic E-state index is 0.163. The van der Waals surface area contributed by atoms with Crippen molar-refractivity contribution in [3.05, 3.63) is 53.6 Å². The molecule has 27 heavy (non-hydrogen) atoms. The van der Waals surface area contributed by atoms with Crippen molar-refractivity contribution in [3.63, 3.8) is 0 Å². The van der Waals surface area contributed by atoms with Crippen LogP contribution in [0.4, 0.5) is 5.69 Å². The SMILES string of the molecule is CCOC(=O)c1cccc(NC(=O)COc2cccc3c2OC(C)(C)C3)c1. The van der Waals surface area contributed by atoms with E-state index < -0.39 is 5.97 Å². The highest BCUT2D eigenvalue weighted by Crippen LogP contribution is 2.41. The summed E-state index contributed by atoms with van der Waals surface area (Å²) in [5, 5.41) is 2.72. The smallest absolute Gasteiger partial charge is 0.338 e. The van der Waals surface area contributed by atoms with Gasteiger partial charge in [-0.3, -0.25) is 4.79 Å². The highest BCUT2D eigenvalue weighted by atomic mass is 16.5. The van der Waals surface area contributed by atoms with Crippen LogP contribution in [-0.2, 0) is 16.0 Å². The van der Waals surface area contributed by atoms with Gasteiger partial charge in [-0.15, -0.1) is 0 Å². The van der Waals surface area contributed by atoms with E-state index in [2.05, 4.69) is 5.32 Å². The molecule has 1 aliphatic rings. The van der Waals surface area contributed by atoms with E-state index in [1.165, 1.54) is 0 Å². The molecular weight excluding hydrogens is 346 g/mol. The lowest BCUT2D eigenvalue weighted by molar-refractivity contribution is -0.118. The minimum atomic E-state index is -0.426. The lowest BCUT2D eigenvalue weighted by Gasteiger charge is -2.18. The third-order valence-electron chi connectivity index (χ3n) is 4.07. The fourth-order valence-electron chi connectivity index (χ4n) is 2.98. The normalized spacial score (nSPS) is 14.0. The zero-order valence-corrected chi connectivity index (χ0v) is 15.7. The summed E-state index contributed by atoms with van der Waals surface area (Å²) < 4.78 is 16.6. The molecule has 0 aromatic heterocycles. The van der Waals surface area contributed by atoms with E-state index in [1.807, 2.05) is 26.0 Å². The van der Waals surface area contributed by atoms with Gasteiger partial charge in [-0.05, 0) is 45.0 Å². The Hall–Kier alpha value is -3.02. The molecule has 2 aromatic rings. The fourth-order valence-corrected chi connectivity index (χ4v) is 2.98. The molecule has 2 aromatic carbocycles. The number of carbonyl (C=O) groups excluding carboxylic acids is 2. The molecule has 1 N–H and O–H groups in total. The van der Waals surface area contributed by atoms with Gasteiger partial charge in [-0.25, -0.2) is 4.79 Å². The lowest BCUT2D eigenvalue weighted by Crippen LogP contribution is -2.25. The molecule has 1 aliphatic heterocycles. The number of rotatable bonds is 6. The molecule has 1 amide bonds. The Morgan fingerprint density at radius 2 is 1.96 bits per heavy atom. The van der Waals surface area contributed by atoms with Crippen molar-refractivity contribution in [1.82, 2.24) is 0 Å². The highest BCUT2D eigenvalue weighted by molar-refractivity contribution is 5.95. The van der Waals surface area contributed by atoms with Crippen LogP contribution in [0.3, 0.4) is 0 Å². The third kappa shape index (κ3) is 4.58. The van der Waals surface area contributed by atoms with Gasteiger partial charge in [-0.2, -0.15) is 0 Å². The molecule has 0 radical (unpaired) electrons. The van der Waals surface area contributed by atoms with Crippen molar-refractivity contribution < 1.29 is 23.8 Å². The predicted molar refractivity (Wildman–Crippen MR) is 101 cm³/mol. The van der Waals surface area contributed by atoms with Gasteiger partial charge in [0.15, 0.2) is 18.1 Å². The number of nitrogens with one attached hydrogen (secondary N) is 1. The van der Waals surface area contributed by atoms with Gasteiger partial charge in [0.25, 0.3) is 5.91 Å². The molecule has 0 saturated heterocycles. The molecule has 142 valence electrons. The molecule has 0 saturated carbocycles. The summed E-state index contributed by atoms with van der Waals surface area (Å²) in [5.41, 5.74) is 1.68. The van der Waals surface area contributed by atoms with Gasteiger partial charge < -0.3 is 19.5 Å². The predicted octanol–water partition coefficient (Wildman–Crippen LogP) is 3.59. The lowest BCUT2D eigenvalue weighted by atomic mass is 10.0. The van der Waals surface area contributed by atoms with Crippen LogP contribution in [0.1, 0.15) is 36.7 Å².